The normalized spacial score (nSPS) is 25.5. The van der Waals surface area contributed by atoms with E-state index in [1.54, 1.807) is 0 Å². The predicted molar refractivity (Wildman–Crippen MR) is 129 cm³/mol. The molecule has 2 fully saturated rings. The van der Waals surface area contributed by atoms with Crippen molar-refractivity contribution in [3.05, 3.63) is 118 Å². The highest BCUT2D eigenvalue weighted by molar-refractivity contribution is 9.10. The van der Waals surface area contributed by atoms with Crippen LogP contribution in [0.1, 0.15) is 11.1 Å². The van der Waals surface area contributed by atoms with E-state index < -0.39 is 0 Å². The van der Waals surface area contributed by atoms with E-state index in [1.165, 1.54) is 10.5 Å². The van der Waals surface area contributed by atoms with E-state index in [0.717, 1.165) is 21.2 Å². The Kier molecular flexibility index (Phi) is 4.51. The molecule has 32 heavy (non-hydrogen) atoms. The van der Waals surface area contributed by atoms with Crippen LogP contribution >= 0.6 is 15.9 Å². The number of benzene rings is 3. The van der Waals surface area contributed by atoms with Crippen molar-refractivity contribution in [2.45, 2.75) is 0 Å². The molecule has 3 aliphatic rings. The van der Waals surface area contributed by atoms with E-state index in [9.17, 15) is 9.59 Å². The minimum atomic E-state index is -0.335. The molecule has 2 amide bonds. The zero-order valence-electron chi connectivity index (χ0n) is 17.2. The number of fused-ring (bicyclic) bond motifs is 5. The number of nitrogens with zero attached hydrogens (tertiary/aromatic N) is 1. The lowest BCUT2D eigenvalue weighted by atomic mass is 9.85. The molecule has 3 aromatic carbocycles. The number of imide groups is 1. The lowest BCUT2D eigenvalue weighted by Gasteiger charge is -2.21. The van der Waals surface area contributed by atoms with Crippen molar-refractivity contribution < 1.29 is 9.59 Å². The van der Waals surface area contributed by atoms with Gasteiger partial charge in [-0.2, -0.15) is 0 Å². The van der Waals surface area contributed by atoms with Gasteiger partial charge in [0.25, 0.3) is 0 Å². The first-order valence-corrected chi connectivity index (χ1v) is 11.6. The molecule has 3 nitrogen and oxygen atoms in total. The third kappa shape index (κ3) is 2.79. The molecule has 6 rings (SSSR count). The summed E-state index contributed by atoms with van der Waals surface area (Å²) in [4.78, 5) is 28.5. The summed E-state index contributed by atoms with van der Waals surface area (Å²) in [5.74, 6) is -0.957. The Labute approximate surface area is 195 Å². The van der Waals surface area contributed by atoms with E-state index in [-0.39, 0.29) is 35.5 Å². The van der Waals surface area contributed by atoms with Gasteiger partial charge in [-0.1, -0.05) is 88.7 Å². The molecule has 3 aromatic rings. The SMILES string of the molecule is O=C1[C@H]2[C@H](C(=O)N1c1ccc(Br)cc1)[C@H]1C=C[C@H]2C1=C(c1ccccc1)c1ccccc1. The highest BCUT2D eigenvalue weighted by atomic mass is 79.9. The lowest BCUT2D eigenvalue weighted by Crippen LogP contribution is -2.33. The molecule has 4 atom stereocenters. The van der Waals surface area contributed by atoms with E-state index in [0.29, 0.717) is 5.69 Å². The number of anilines is 1. The van der Waals surface area contributed by atoms with Crippen LogP contribution in [0.25, 0.3) is 5.57 Å². The third-order valence-corrected chi connectivity index (χ3v) is 7.44. The Morgan fingerprint density at radius 1 is 0.656 bits per heavy atom. The molecule has 0 unspecified atom stereocenters. The number of hydrogen-bond donors (Lipinski definition) is 0. The molecule has 0 aromatic heterocycles. The summed E-state index contributed by atoms with van der Waals surface area (Å²) >= 11 is 3.43. The van der Waals surface area contributed by atoms with Crippen LogP contribution in [-0.2, 0) is 9.59 Å². The van der Waals surface area contributed by atoms with Gasteiger partial charge in [-0.25, -0.2) is 4.90 Å². The van der Waals surface area contributed by atoms with Crippen LogP contribution in [0.4, 0.5) is 5.69 Å². The first-order valence-electron chi connectivity index (χ1n) is 10.8. The largest absolute Gasteiger partial charge is 0.274 e. The number of carbonyl (C=O) groups is 2. The number of allylic oxidation sites excluding steroid dienone is 3. The molecular formula is C28H20BrNO2. The van der Waals surface area contributed by atoms with Crippen LogP contribution < -0.4 is 4.90 Å². The summed E-state index contributed by atoms with van der Waals surface area (Å²) in [6.45, 7) is 0. The Morgan fingerprint density at radius 2 is 1.12 bits per heavy atom. The van der Waals surface area contributed by atoms with Crippen LogP contribution in [0.5, 0.6) is 0 Å². The van der Waals surface area contributed by atoms with Gasteiger partial charge < -0.3 is 0 Å². The van der Waals surface area contributed by atoms with Crippen LogP contribution in [0.2, 0.25) is 0 Å². The fourth-order valence-corrected chi connectivity index (χ4v) is 5.92. The minimum absolute atomic E-state index is 0.0580. The Balaban J connectivity index is 1.48. The second-order valence-corrected chi connectivity index (χ2v) is 9.45. The van der Waals surface area contributed by atoms with Crippen molar-refractivity contribution >= 4 is 39.0 Å². The maximum absolute atomic E-state index is 13.6. The summed E-state index contributed by atoms with van der Waals surface area (Å²) in [6.07, 6.45) is 4.28. The topological polar surface area (TPSA) is 37.4 Å². The van der Waals surface area contributed by atoms with Crippen molar-refractivity contribution in [1.29, 1.82) is 0 Å². The van der Waals surface area contributed by atoms with Gasteiger partial charge in [0.1, 0.15) is 0 Å². The number of amides is 2. The first kappa shape index (κ1) is 19.4. The Hall–Kier alpha value is -3.24. The zero-order chi connectivity index (χ0) is 21.8. The van der Waals surface area contributed by atoms with Crippen LogP contribution in [0.3, 0.4) is 0 Å². The fourth-order valence-electron chi connectivity index (χ4n) is 5.65. The second-order valence-electron chi connectivity index (χ2n) is 8.54. The van der Waals surface area contributed by atoms with E-state index in [4.69, 9.17) is 0 Å². The fraction of sp³-hybridized carbons (Fsp3) is 0.143. The van der Waals surface area contributed by atoms with E-state index >= 15 is 0 Å². The number of carbonyl (C=O) groups excluding carboxylic acids is 2. The molecule has 0 spiro atoms. The molecule has 0 radical (unpaired) electrons. The van der Waals surface area contributed by atoms with E-state index in [2.05, 4.69) is 52.3 Å². The maximum Gasteiger partial charge on any atom is 0.238 e. The van der Waals surface area contributed by atoms with Gasteiger partial charge in [0, 0.05) is 16.3 Å². The molecule has 2 bridgehead atoms. The van der Waals surface area contributed by atoms with Crippen molar-refractivity contribution in [2.75, 3.05) is 4.90 Å². The molecule has 156 valence electrons. The second kappa shape index (κ2) is 7.42. The van der Waals surface area contributed by atoms with Crippen molar-refractivity contribution in [3.8, 4) is 0 Å². The van der Waals surface area contributed by atoms with Crippen LogP contribution in [0.15, 0.2) is 107 Å². The number of rotatable bonds is 3. The van der Waals surface area contributed by atoms with Gasteiger partial charge in [-0.3, -0.25) is 9.59 Å². The Bertz CT molecular complexity index is 1200. The maximum atomic E-state index is 13.6. The minimum Gasteiger partial charge on any atom is -0.274 e. The molecular weight excluding hydrogens is 462 g/mol. The summed E-state index contributed by atoms with van der Waals surface area (Å²) in [5.41, 5.74) is 5.24. The van der Waals surface area contributed by atoms with Gasteiger partial charge >= 0.3 is 0 Å². The summed E-state index contributed by atoms with van der Waals surface area (Å²) < 4.78 is 0.919. The lowest BCUT2D eigenvalue weighted by molar-refractivity contribution is -0.122. The molecule has 2 aliphatic carbocycles. The van der Waals surface area contributed by atoms with Crippen molar-refractivity contribution in [1.82, 2.24) is 0 Å². The zero-order valence-corrected chi connectivity index (χ0v) is 18.8. The molecule has 0 N–H and O–H groups in total. The van der Waals surface area contributed by atoms with Crippen LogP contribution in [0, 0.1) is 23.7 Å². The smallest absolute Gasteiger partial charge is 0.238 e. The average Bonchev–Trinajstić information content (AvgIpc) is 3.46. The number of halogens is 1. The molecule has 4 heteroatoms. The van der Waals surface area contributed by atoms with Gasteiger partial charge in [-0.15, -0.1) is 0 Å². The van der Waals surface area contributed by atoms with E-state index in [1.807, 2.05) is 60.7 Å². The average molecular weight is 482 g/mol. The van der Waals surface area contributed by atoms with Crippen molar-refractivity contribution in [3.63, 3.8) is 0 Å². The molecule has 1 heterocycles. The van der Waals surface area contributed by atoms with Gasteiger partial charge in [0.05, 0.1) is 17.5 Å². The highest BCUT2D eigenvalue weighted by Gasteiger charge is 2.62. The summed E-state index contributed by atoms with van der Waals surface area (Å²) in [6, 6.07) is 28.0. The molecule has 1 saturated heterocycles. The first-order chi connectivity index (χ1) is 15.6. The highest BCUT2D eigenvalue weighted by Crippen LogP contribution is 2.58. The van der Waals surface area contributed by atoms with Crippen LogP contribution in [-0.4, -0.2) is 11.8 Å². The van der Waals surface area contributed by atoms with Gasteiger partial charge in [0.15, 0.2) is 0 Å². The Morgan fingerprint density at radius 3 is 1.59 bits per heavy atom. The predicted octanol–water partition coefficient (Wildman–Crippen LogP) is 5.87. The van der Waals surface area contributed by atoms with Gasteiger partial charge in [0.2, 0.25) is 11.8 Å². The third-order valence-electron chi connectivity index (χ3n) is 6.91. The van der Waals surface area contributed by atoms with Gasteiger partial charge in [-0.05, 0) is 46.5 Å². The molecule has 1 aliphatic heterocycles. The quantitative estimate of drug-likeness (QED) is 0.346. The summed E-state index contributed by atoms with van der Waals surface area (Å²) in [7, 11) is 0. The summed E-state index contributed by atoms with van der Waals surface area (Å²) in [5, 5.41) is 0. The van der Waals surface area contributed by atoms with Crippen molar-refractivity contribution in [2.24, 2.45) is 23.7 Å². The standard InChI is InChI=1S/C28H20BrNO2/c29-19-11-13-20(14-12-19)30-27(31)25-21-15-16-22(26(25)28(30)32)24(21)23(17-7-3-1-4-8-17)18-9-5-2-6-10-18/h1-16,21-22,25-26H/t21-,22-,25+,26+/m0/s1. The molecule has 1 saturated carbocycles. The number of hydrogen-bond acceptors (Lipinski definition) is 2. The monoisotopic (exact) mass is 481 g/mol.